The fourth-order valence-electron chi connectivity index (χ4n) is 3.24. The third kappa shape index (κ3) is 7.24. The lowest BCUT2D eigenvalue weighted by Gasteiger charge is -2.30. The number of carbonyl (C=O) groups excluding carboxylic acids is 2. The number of hydrogen-bond acceptors (Lipinski definition) is 3. The Morgan fingerprint density at radius 3 is 2.34 bits per heavy atom. The van der Waals surface area contributed by atoms with Gasteiger partial charge in [0.1, 0.15) is 6.04 Å². The number of rotatable bonds is 10. The third-order valence-electron chi connectivity index (χ3n) is 4.79. The highest BCUT2D eigenvalue weighted by atomic mass is 32.2. The van der Waals surface area contributed by atoms with Gasteiger partial charge in [-0.15, -0.1) is 11.8 Å². The average Bonchev–Trinajstić information content (AvgIpc) is 2.69. The second kappa shape index (κ2) is 11.7. The fraction of sp³-hybridized carbons (Fsp3) is 0.417. The van der Waals surface area contributed by atoms with E-state index in [0.717, 1.165) is 11.3 Å². The molecule has 1 atom stereocenters. The Bertz CT molecular complexity index is 805. The van der Waals surface area contributed by atoms with Crippen molar-refractivity contribution in [1.29, 1.82) is 0 Å². The number of likely N-dealkylation sites (N-methyl/N-ethyl adjacent to an activating group) is 1. The first kappa shape index (κ1) is 23.0. The standard InChI is InChI=1S/C24H32N2O2S/c1-5-22(24(28)25-6-2)26(15-20-12-10-18(3)11-13-20)23(27)17-29-16-21-9-7-8-19(4)14-21/h7-14,22H,5-6,15-17H2,1-4H3,(H,25,28)/t22-/m1/s1. The molecule has 2 aromatic rings. The van der Waals surface area contributed by atoms with E-state index in [1.54, 1.807) is 16.7 Å². The maximum absolute atomic E-state index is 13.1. The summed E-state index contributed by atoms with van der Waals surface area (Å²) in [5, 5.41) is 2.88. The second-order valence-electron chi connectivity index (χ2n) is 7.31. The number of carbonyl (C=O) groups is 2. The molecule has 2 amide bonds. The van der Waals surface area contributed by atoms with Crippen molar-refractivity contribution >= 4 is 23.6 Å². The lowest BCUT2D eigenvalue weighted by molar-refractivity contribution is -0.139. The molecule has 5 heteroatoms. The summed E-state index contributed by atoms with van der Waals surface area (Å²) in [4.78, 5) is 27.4. The Morgan fingerprint density at radius 2 is 1.72 bits per heavy atom. The molecule has 0 saturated heterocycles. The van der Waals surface area contributed by atoms with Crippen molar-refractivity contribution in [1.82, 2.24) is 10.2 Å². The van der Waals surface area contributed by atoms with E-state index in [0.29, 0.717) is 25.3 Å². The predicted octanol–water partition coefficient (Wildman–Crippen LogP) is 4.48. The van der Waals surface area contributed by atoms with E-state index < -0.39 is 6.04 Å². The minimum absolute atomic E-state index is 0.00123. The van der Waals surface area contributed by atoms with Crippen molar-refractivity contribution in [3.8, 4) is 0 Å². The van der Waals surface area contributed by atoms with Crippen LogP contribution in [0.2, 0.25) is 0 Å². The fourth-order valence-corrected chi connectivity index (χ4v) is 4.10. The molecule has 0 bridgehead atoms. The van der Waals surface area contributed by atoms with Crippen molar-refractivity contribution in [3.63, 3.8) is 0 Å². The Hall–Kier alpha value is -2.27. The molecule has 0 aliphatic heterocycles. The molecular formula is C24H32N2O2S. The summed E-state index contributed by atoms with van der Waals surface area (Å²) < 4.78 is 0. The second-order valence-corrected chi connectivity index (χ2v) is 8.29. The number of amides is 2. The number of nitrogens with one attached hydrogen (secondary N) is 1. The van der Waals surface area contributed by atoms with Crippen LogP contribution in [0.15, 0.2) is 48.5 Å². The highest BCUT2D eigenvalue weighted by molar-refractivity contribution is 7.99. The topological polar surface area (TPSA) is 49.4 Å². The zero-order valence-corrected chi connectivity index (χ0v) is 18.7. The molecule has 0 aliphatic rings. The van der Waals surface area contributed by atoms with Crippen LogP contribution in [-0.4, -0.2) is 35.1 Å². The molecule has 156 valence electrons. The van der Waals surface area contributed by atoms with E-state index in [-0.39, 0.29) is 11.8 Å². The molecule has 0 unspecified atom stereocenters. The molecule has 0 aliphatic carbocycles. The van der Waals surface area contributed by atoms with E-state index in [2.05, 4.69) is 30.4 Å². The molecule has 0 saturated carbocycles. The van der Waals surface area contributed by atoms with Crippen LogP contribution in [0.4, 0.5) is 0 Å². The average molecular weight is 413 g/mol. The molecule has 0 spiro atoms. The Morgan fingerprint density at radius 1 is 1.00 bits per heavy atom. The highest BCUT2D eigenvalue weighted by Gasteiger charge is 2.28. The maximum atomic E-state index is 13.1. The van der Waals surface area contributed by atoms with Crippen LogP contribution in [-0.2, 0) is 21.9 Å². The molecule has 29 heavy (non-hydrogen) atoms. The summed E-state index contributed by atoms with van der Waals surface area (Å²) in [7, 11) is 0. The van der Waals surface area contributed by atoms with E-state index in [1.807, 2.05) is 51.1 Å². The SMILES string of the molecule is CCNC(=O)[C@@H](CC)N(Cc1ccc(C)cc1)C(=O)CSCc1cccc(C)c1. The van der Waals surface area contributed by atoms with Gasteiger partial charge in [0.2, 0.25) is 11.8 Å². The largest absolute Gasteiger partial charge is 0.355 e. The summed E-state index contributed by atoms with van der Waals surface area (Å²) in [5.41, 5.74) is 4.65. The maximum Gasteiger partial charge on any atom is 0.242 e. The van der Waals surface area contributed by atoms with E-state index in [1.165, 1.54) is 16.7 Å². The molecule has 0 radical (unpaired) electrons. The van der Waals surface area contributed by atoms with Gasteiger partial charge in [0.05, 0.1) is 5.75 Å². The quantitative estimate of drug-likeness (QED) is 0.626. The molecule has 2 rings (SSSR count). The van der Waals surface area contributed by atoms with Crippen LogP contribution in [0.5, 0.6) is 0 Å². The monoisotopic (exact) mass is 412 g/mol. The first-order valence-corrected chi connectivity index (χ1v) is 11.4. The van der Waals surface area contributed by atoms with Crippen molar-refractivity contribution < 1.29 is 9.59 Å². The number of aryl methyl sites for hydroxylation is 2. The van der Waals surface area contributed by atoms with Gasteiger partial charge in [0.25, 0.3) is 0 Å². The summed E-state index contributed by atoms with van der Waals surface area (Å²) in [5.74, 6) is 1.06. The van der Waals surface area contributed by atoms with Crippen molar-refractivity contribution in [3.05, 3.63) is 70.8 Å². The summed E-state index contributed by atoms with van der Waals surface area (Å²) >= 11 is 1.59. The van der Waals surface area contributed by atoms with Gasteiger partial charge in [0.15, 0.2) is 0 Å². The lowest BCUT2D eigenvalue weighted by atomic mass is 10.1. The van der Waals surface area contributed by atoms with Crippen molar-refractivity contribution in [2.24, 2.45) is 0 Å². The van der Waals surface area contributed by atoms with Gasteiger partial charge < -0.3 is 10.2 Å². The van der Waals surface area contributed by atoms with Gasteiger partial charge in [-0.05, 0) is 38.3 Å². The minimum atomic E-state index is -0.455. The van der Waals surface area contributed by atoms with Gasteiger partial charge >= 0.3 is 0 Å². The van der Waals surface area contributed by atoms with E-state index in [4.69, 9.17) is 0 Å². The molecule has 1 N–H and O–H groups in total. The van der Waals surface area contributed by atoms with Gasteiger partial charge in [0, 0.05) is 18.8 Å². The molecule has 4 nitrogen and oxygen atoms in total. The van der Waals surface area contributed by atoms with Crippen LogP contribution in [0.25, 0.3) is 0 Å². The summed E-state index contributed by atoms with van der Waals surface area (Å²) in [6.07, 6.45) is 0.589. The van der Waals surface area contributed by atoms with Crippen LogP contribution in [0, 0.1) is 13.8 Å². The Labute approximate surface area is 179 Å². The highest BCUT2D eigenvalue weighted by Crippen LogP contribution is 2.18. The Kier molecular flexibility index (Phi) is 9.26. The summed E-state index contributed by atoms with van der Waals surface area (Å²) in [6, 6.07) is 16.0. The van der Waals surface area contributed by atoms with E-state index in [9.17, 15) is 9.59 Å². The minimum Gasteiger partial charge on any atom is -0.355 e. The van der Waals surface area contributed by atoms with Gasteiger partial charge in [-0.2, -0.15) is 0 Å². The molecule has 0 heterocycles. The van der Waals surface area contributed by atoms with Gasteiger partial charge in [-0.1, -0.05) is 66.6 Å². The summed E-state index contributed by atoms with van der Waals surface area (Å²) in [6.45, 7) is 8.96. The lowest BCUT2D eigenvalue weighted by Crippen LogP contribution is -2.49. The number of thioether (sulfide) groups is 1. The van der Waals surface area contributed by atoms with E-state index >= 15 is 0 Å². The van der Waals surface area contributed by atoms with Crippen LogP contribution in [0.3, 0.4) is 0 Å². The first-order valence-electron chi connectivity index (χ1n) is 10.2. The molecular weight excluding hydrogens is 380 g/mol. The van der Waals surface area contributed by atoms with Crippen LogP contribution in [0.1, 0.15) is 42.5 Å². The van der Waals surface area contributed by atoms with Crippen LogP contribution < -0.4 is 5.32 Å². The van der Waals surface area contributed by atoms with Crippen LogP contribution >= 0.6 is 11.8 Å². The smallest absolute Gasteiger partial charge is 0.242 e. The van der Waals surface area contributed by atoms with Gasteiger partial charge in [-0.25, -0.2) is 0 Å². The zero-order chi connectivity index (χ0) is 21.2. The zero-order valence-electron chi connectivity index (χ0n) is 17.9. The number of nitrogens with zero attached hydrogens (tertiary/aromatic N) is 1. The van der Waals surface area contributed by atoms with Crippen molar-refractivity contribution in [2.75, 3.05) is 12.3 Å². The molecule has 0 fully saturated rings. The third-order valence-corrected chi connectivity index (χ3v) is 5.78. The molecule has 2 aromatic carbocycles. The normalized spacial score (nSPS) is 11.7. The number of benzene rings is 2. The predicted molar refractivity (Wildman–Crippen MR) is 122 cm³/mol. The number of hydrogen-bond donors (Lipinski definition) is 1. The first-order chi connectivity index (χ1) is 13.9. The Balaban J connectivity index is 2.10. The molecule has 0 aromatic heterocycles. The van der Waals surface area contributed by atoms with Crippen molar-refractivity contribution in [2.45, 2.75) is 52.5 Å². The van der Waals surface area contributed by atoms with Gasteiger partial charge in [-0.3, -0.25) is 9.59 Å².